The van der Waals surface area contributed by atoms with Crippen LogP contribution in [0.1, 0.15) is 38.4 Å². The molecule has 3 heterocycles. The zero-order chi connectivity index (χ0) is 17.2. The molecular weight excluding hydrogens is 348 g/mol. The molecule has 1 saturated heterocycles. The van der Waals surface area contributed by atoms with E-state index in [0.717, 1.165) is 36.8 Å². The number of fused-ring (bicyclic) bond motifs is 1. The van der Waals surface area contributed by atoms with Crippen LogP contribution in [0.15, 0.2) is 5.16 Å². The van der Waals surface area contributed by atoms with E-state index in [9.17, 15) is 13.2 Å². The number of carbonyl (C=O) groups is 1. The monoisotopic (exact) mass is 372 g/mol. The zero-order valence-electron chi connectivity index (χ0n) is 14.0. The molecule has 24 heavy (non-hydrogen) atoms. The second-order valence-electron chi connectivity index (χ2n) is 6.39. The largest absolute Gasteiger partial charge is 0.338 e. The molecular formula is C15H24N4O3S2. The molecule has 2 aliphatic heterocycles. The number of amides is 1. The van der Waals surface area contributed by atoms with Crippen molar-refractivity contribution < 1.29 is 13.2 Å². The van der Waals surface area contributed by atoms with Gasteiger partial charge in [-0.25, -0.2) is 8.42 Å². The van der Waals surface area contributed by atoms with Crippen LogP contribution in [0.5, 0.6) is 0 Å². The minimum atomic E-state index is -2.99. The van der Waals surface area contributed by atoms with E-state index in [1.54, 1.807) is 4.90 Å². The van der Waals surface area contributed by atoms with Gasteiger partial charge in [-0.05, 0) is 26.2 Å². The fourth-order valence-electron chi connectivity index (χ4n) is 3.43. The normalized spacial score (nSPS) is 22.8. The van der Waals surface area contributed by atoms with Gasteiger partial charge in [-0.2, -0.15) is 0 Å². The number of rotatable bonds is 5. The summed E-state index contributed by atoms with van der Waals surface area (Å²) in [5.41, 5.74) is 0. The second-order valence-corrected chi connectivity index (χ2v) is 9.56. The van der Waals surface area contributed by atoms with Crippen LogP contribution in [0.2, 0.25) is 0 Å². The van der Waals surface area contributed by atoms with Crippen molar-refractivity contribution in [1.29, 1.82) is 0 Å². The lowest BCUT2D eigenvalue weighted by atomic mass is 10.2. The van der Waals surface area contributed by atoms with Crippen molar-refractivity contribution in [3.63, 3.8) is 0 Å². The maximum Gasteiger partial charge on any atom is 0.233 e. The van der Waals surface area contributed by atoms with Crippen molar-refractivity contribution in [3.8, 4) is 0 Å². The van der Waals surface area contributed by atoms with Crippen LogP contribution in [0, 0.1) is 0 Å². The van der Waals surface area contributed by atoms with E-state index in [1.165, 1.54) is 18.2 Å². The van der Waals surface area contributed by atoms with Crippen molar-refractivity contribution in [2.24, 2.45) is 0 Å². The molecule has 134 valence electrons. The van der Waals surface area contributed by atoms with Gasteiger partial charge in [0.05, 0.1) is 17.3 Å². The average molecular weight is 373 g/mol. The van der Waals surface area contributed by atoms with Gasteiger partial charge < -0.3 is 9.47 Å². The summed E-state index contributed by atoms with van der Waals surface area (Å²) >= 11 is 1.41. The highest BCUT2D eigenvalue weighted by Crippen LogP contribution is 2.23. The summed E-state index contributed by atoms with van der Waals surface area (Å²) in [6.07, 6.45) is 4.96. The summed E-state index contributed by atoms with van der Waals surface area (Å²) in [6, 6.07) is -0.177. The average Bonchev–Trinajstić information content (AvgIpc) is 3.00. The van der Waals surface area contributed by atoms with Gasteiger partial charge in [-0.1, -0.05) is 18.2 Å². The standard InChI is InChI=1S/C15H24N4O3S2/c1-2-18(12-7-9-24(21,22)11-12)14(20)10-23-15-17-16-13-6-4-3-5-8-19(13)15/h12H,2-11H2,1H3. The van der Waals surface area contributed by atoms with Gasteiger partial charge in [0.2, 0.25) is 5.91 Å². The number of nitrogens with zero attached hydrogens (tertiary/aromatic N) is 4. The first-order valence-electron chi connectivity index (χ1n) is 8.55. The van der Waals surface area contributed by atoms with Crippen molar-refractivity contribution in [2.75, 3.05) is 23.8 Å². The van der Waals surface area contributed by atoms with Gasteiger partial charge in [0, 0.05) is 25.6 Å². The first-order chi connectivity index (χ1) is 11.5. The molecule has 3 rings (SSSR count). The first-order valence-corrected chi connectivity index (χ1v) is 11.4. The fraction of sp³-hybridized carbons (Fsp3) is 0.800. The van der Waals surface area contributed by atoms with Crippen molar-refractivity contribution in [1.82, 2.24) is 19.7 Å². The second kappa shape index (κ2) is 7.43. The Bertz CT molecular complexity index is 702. The number of hydrogen-bond donors (Lipinski definition) is 0. The van der Waals surface area contributed by atoms with E-state index < -0.39 is 9.84 Å². The summed E-state index contributed by atoms with van der Waals surface area (Å²) < 4.78 is 25.4. The van der Waals surface area contributed by atoms with Crippen LogP contribution in [-0.2, 0) is 27.6 Å². The molecule has 0 aliphatic carbocycles. The highest BCUT2D eigenvalue weighted by molar-refractivity contribution is 7.99. The van der Waals surface area contributed by atoms with Crippen LogP contribution in [-0.4, -0.2) is 63.8 Å². The van der Waals surface area contributed by atoms with Crippen LogP contribution < -0.4 is 0 Å². The lowest BCUT2D eigenvalue weighted by molar-refractivity contribution is -0.129. The molecule has 9 heteroatoms. The van der Waals surface area contributed by atoms with Gasteiger partial charge >= 0.3 is 0 Å². The molecule has 0 aromatic carbocycles. The van der Waals surface area contributed by atoms with E-state index in [2.05, 4.69) is 14.8 Å². The first kappa shape index (κ1) is 17.7. The van der Waals surface area contributed by atoms with E-state index in [-0.39, 0.29) is 29.2 Å². The van der Waals surface area contributed by atoms with Crippen LogP contribution in [0.3, 0.4) is 0 Å². The smallest absolute Gasteiger partial charge is 0.233 e. The quantitative estimate of drug-likeness (QED) is 0.721. The Hall–Kier alpha value is -1.09. The molecule has 1 unspecified atom stereocenters. The van der Waals surface area contributed by atoms with Crippen molar-refractivity contribution in [3.05, 3.63) is 5.82 Å². The van der Waals surface area contributed by atoms with Crippen molar-refractivity contribution in [2.45, 2.75) is 56.8 Å². The molecule has 0 bridgehead atoms. The summed E-state index contributed by atoms with van der Waals surface area (Å²) in [6.45, 7) is 3.35. The summed E-state index contributed by atoms with van der Waals surface area (Å²) in [5.74, 6) is 1.55. The lowest BCUT2D eigenvalue weighted by Gasteiger charge is -2.26. The van der Waals surface area contributed by atoms with Crippen LogP contribution >= 0.6 is 11.8 Å². The Labute approximate surface area is 147 Å². The highest BCUT2D eigenvalue weighted by atomic mass is 32.2. The maximum absolute atomic E-state index is 12.6. The number of sulfone groups is 1. The molecule has 2 aliphatic rings. The molecule has 1 aromatic heterocycles. The molecule has 1 fully saturated rings. The molecule has 0 spiro atoms. The van der Waals surface area contributed by atoms with E-state index >= 15 is 0 Å². The topological polar surface area (TPSA) is 85.2 Å². The minimum Gasteiger partial charge on any atom is -0.338 e. The highest BCUT2D eigenvalue weighted by Gasteiger charge is 2.33. The summed E-state index contributed by atoms with van der Waals surface area (Å²) in [5, 5.41) is 9.27. The number of thioether (sulfide) groups is 1. The number of carbonyl (C=O) groups excluding carboxylic acids is 1. The molecule has 1 atom stereocenters. The summed E-state index contributed by atoms with van der Waals surface area (Å²) in [4.78, 5) is 14.3. The predicted molar refractivity (Wildman–Crippen MR) is 92.7 cm³/mol. The maximum atomic E-state index is 12.6. The molecule has 1 amide bonds. The number of aromatic nitrogens is 3. The summed E-state index contributed by atoms with van der Waals surface area (Å²) in [7, 11) is -2.99. The molecule has 1 aromatic rings. The Morgan fingerprint density at radius 2 is 2.17 bits per heavy atom. The number of aryl methyl sites for hydroxylation is 1. The zero-order valence-corrected chi connectivity index (χ0v) is 15.6. The van der Waals surface area contributed by atoms with Crippen molar-refractivity contribution >= 4 is 27.5 Å². The Kier molecular flexibility index (Phi) is 5.49. The lowest BCUT2D eigenvalue weighted by Crippen LogP contribution is -2.42. The SMILES string of the molecule is CCN(C(=O)CSc1nnc2n1CCCCC2)C1CCS(=O)(=O)C1. The van der Waals surface area contributed by atoms with Gasteiger partial charge in [0.15, 0.2) is 15.0 Å². The Morgan fingerprint density at radius 3 is 2.88 bits per heavy atom. The Morgan fingerprint density at radius 1 is 1.33 bits per heavy atom. The Balaban J connectivity index is 1.61. The molecule has 0 N–H and O–H groups in total. The van der Waals surface area contributed by atoms with Gasteiger partial charge in [0.25, 0.3) is 0 Å². The predicted octanol–water partition coefficient (Wildman–Crippen LogP) is 1.13. The van der Waals surface area contributed by atoms with Gasteiger partial charge in [0.1, 0.15) is 5.82 Å². The van der Waals surface area contributed by atoms with E-state index in [1.807, 2.05) is 6.92 Å². The third-order valence-corrected chi connectivity index (χ3v) is 7.41. The van der Waals surface area contributed by atoms with E-state index in [0.29, 0.717) is 13.0 Å². The minimum absolute atomic E-state index is 0.0180. The number of hydrogen-bond acceptors (Lipinski definition) is 6. The van der Waals surface area contributed by atoms with Gasteiger partial charge in [-0.15, -0.1) is 10.2 Å². The molecule has 0 saturated carbocycles. The third-order valence-electron chi connectivity index (χ3n) is 4.71. The van der Waals surface area contributed by atoms with E-state index in [4.69, 9.17) is 0 Å². The van der Waals surface area contributed by atoms with Crippen LogP contribution in [0.25, 0.3) is 0 Å². The molecule has 0 radical (unpaired) electrons. The third kappa shape index (κ3) is 3.93. The van der Waals surface area contributed by atoms with Crippen LogP contribution in [0.4, 0.5) is 0 Å². The van der Waals surface area contributed by atoms with Gasteiger partial charge in [-0.3, -0.25) is 4.79 Å². The fourth-order valence-corrected chi connectivity index (χ4v) is 6.03. The molecule has 7 nitrogen and oxygen atoms in total.